The summed E-state index contributed by atoms with van der Waals surface area (Å²) in [6.45, 7) is 3.31. The molecule has 1 aliphatic rings. The number of carbonyl (C=O) groups is 2. The molecule has 1 atom stereocenters. The van der Waals surface area contributed by atoms with Crippen molar-refractivity contribution < 1.29 is 19.8 Å². The Morgan fingerprint density at radius 3 is 2.39 bits per heavy atom. The molecule has 156 valence electrons. The first-order valence-corrected chi connectivity index (χ1v) is 10.8. The van der Waals surface area contributed by atoms with Crippen LogP contribution in [-0.2, 0) is 11.2 Å². The predicted molar refractivity (Wildman–Crippen MR) is 110 cm³/mol. The molecule has 1 aromatic rings. The Kier molecular flexibility index (Phi) is 9.48. The van der Waals surface area contributed by atoms with Crippen molar-refractivity contribution in [2.24, 2.45) is 5.92 Å². The number of hydrogen-bond donors (Lipinski definition) is 2. The van der Waals surface area contributed by atoms with E-state index >= 15 is 0 Å². The topological polar surface area (TPSA) is 77.8 Å². The molecule has 0 aliphatic heterocycles. The second-order valence-electron chi connectivity index (χ2n) is 7.99. The van der Waals surface area contributed by atoms with Crippen LogP contribution in [0.4, 0.5) is 0 Å². The molecule has 2 rings (SSSR count). The van der Waals surface area contributed by atoms with Crippen molar-refractivity contribution in [3.8, 4) is 0 Å². The van der Waals surface area contributed by atoms with Crippen LogP contribution in [-0.4, -0.2) is 46.2 Å². The number of hydrogen-bond acceptors (Lipinski definition) is 3. The van der Waals surface area contributed by atoms with Gasteiger partial charge in [-0.05, 0) is 62.1 Å². The van der Waals surface area contributed by atoms with Crippen LogP contribution in [0.3, 0.4) is 0 Å². The Morgan fingerprint density at radius 2 is 1.79 bits per heavy atom. The normalized spacial score (nSPS) is 15.9. The summed E-state index contributed by atoms with van der Waals surface area (Å²) in [5, 5.41) is 19.5. The molecule has 1 aliphatic carbocycles. The second kappa shape index (κ2) is 11.8. The molecule has 0 aromatic heterocycles. The lowest BCUT2D eigenvalue weighted by Gasteiger charge is -2.29. The van der Waals surface area contributed by atoms with Crippen molar-refractivity contribution in [2.75, 3.05) is 13.1 Å². The Balaban J connectivity index is 1.82. The van der Waals surface area contributed by atoms with Gasteiger partial charge in [0, 0.05) is 19.5 Å². The summed E-state index contributed by atoms with van der Waals surface area (Å²) in [5.74, 6) is -0.358. The summed E-state index contributed by atoms with van der Waals surface area (Å²) in [6, 6.07) is 6.93. The van der Waals surface area contributed by atoms with E-state index in [9.17, 15) is 14.7 Å². The zero-order valence-electron chi connectivity index (χ0n) is 17.1. The average molecular weight is 390 g/mol. The minimum Gasteiger partial charge on any atom is -0.478 e. The third kappa shape index (κ3) is 7.27. The number of carboxylic acids is 1. The van der Waals surface area contributed by atoms with E-state index in [2.05, 4.69) is 0 Å². The Hall–Kier alpha value is -1.88. The SMILES string of the molecule is CCCC(=O)N(CCCc1ccc(C(=O)O)cc1)CC[C@H](O)C1CCCCC1. The van der Waals surface area contributed by atoms with E-state index in [1.807, 2.05) is 24.0 Å². The first kappa shape index (κ1) is 22.4. The van der Waals surface area contributed by atoms with E-state index in [-0.39, 0.29) is 12.0 Å². The van der Waals surface area contributed by atoms with Crippen molar-refractivity contribution in [1.82, 2.24) is 4.90 Å². The van der Waals surface area contributed by atoms with Gasteiger partial charge < -0.3 is 15.1 Å². The van der Waals surface area contributed by atoms with Crippen LogP contribution in [0.5, 0.6) is 0 Å². The van der Waals surface area contributed by atoms with Crippen molar-refractivity contribution >= 4 is 11.9 Å². The third-order valence-electron chi connectivity index (χ3n) is 5.80. The molecule has 2 N–H and O–H groups in total. The highest BCUT2D eigenvalue weighted by Gasteiger charge is 2.23. The van der Waals surface area contributed by atoms with Gasteiger partial charge >= 0.3 is 5.97 Å². The first-order valence-electron chi connectivity index (χ1n) is 10.8. The lowest BCUT2D eigenvalue weighted by Crippen LogP contribution is -2.36. The van der Waals surface area contributed by atoms with Crippen molar-refractivity contribution in [2.45, 2.75) is 77.2 Å². The molecule has 1 saturated carbocycles. The molecule has 0 unspecified atom stereocenters. The maximum absolute atomic E-state index is 12.5. The molecule has 0 radical (unpaired) electrons. The molecular weight excluding hydrogens is 354 g/mol. The fourth-order valence-corrected chi connectivity index (χ4v) is 4.06. The molecule has 0 bridgehead atoms. The number of amides is 1. The van der Waals surface area contributed by atoms with Gasteiger partial charge in [0.15, 0.2) is 0 Å². The molecule has 5 nitrogen and oxygen atoms in total. The minimum atomic E-state index is -0.917. The molecule has 5 heteroatoms. The van der Waals surface area contributed by atoms with Gasteiger partial charge in [0.2, 0.25) is 5.91 Å². The predicted octanol–water partition coefficient (Wildman–Crippen LogP) is 4.28. The Labute approximate surface area is 168 Å². The summed E-state index contributed by atoms with van der Waals surface area (Å²) in [7, 11) is 0. The van der Waals surface area contributed by atoms with Gasteiger partial charge in [-0.15, -0.1) is 0 Å². The lowest BCUT2D eigenvalue weighted by atomic mass is 9.84. The maximum atomic E-state index is 12.5. The number of benzene rings is 1. The standard InChI is InChI=1S/C23H35NO4/c1-2-7-22(26)24(17-15-21(25)19-9-4-3-5-10-19)16-6-8-18-11-13-20(14-12-18)23(27)28/h11-14,19,21,25H,2-10,15-17H2,1H3,(H,27,28)/t21-/m0/s1. The minimum absolute atomic E-state index is 0.166. The van der Waals surface area contributed by atoms with Crippen LogP contribution in [0.25, 0.3) is 0 Å². The van der Waals surface area contributed by atoms with Crippen molar-refractivity contribution in [3.05, 3.63) is 35.4 Å². The zero-order chi connectivity index (χ0) is 20.4. The number of aliphatic hydroxyl groups excluding tert-OH is 1. The van der Waals surface area contributed by atoms with E-state index in [0.717, 1.165) is 37.7 Å². The first-order chi connectivity index (χ1) is 13.5. The number of aliphatic hydroxyl groups is 1. The second-order valence-corrected chi connectivity index (χ2v) is 7.99. The molecule has 0 saturated heterocycles. The molecule has 1 fully saturated rings. The Bertz CT molecular complexity index is 608. The fraction of sp³-hybridized carbons (Fsp3) is 0.652. The molecule has 1 aromatic carbocycles. The van der Waals surface area contributed by atoms with Crippen molar-refractivity contribution in [1.29, 1.82) is 0 Å². The summed E-state index contributed by atoms with van der Waals surface area (Å²) >= 11 is 0. The summed E-state index contributed by atoms with van der Waals surface area (Å²) in [4.78, 5) is 25.3. The van der Waals surface area contributed by atoms with Crippen LogP contribution < -0.4 is 0 Å². The van der Waals surface area contributed by atoms with Gasteiger partial charge in [0.25, 0.3) is 0 Å². The summed E-state index contributed by atoms with van der Waals surface area (Å²) in [6.07, 6.45) is 9.28. The molecule has 1 amide bonds. The van der Waals surface area contributed by atoms with E-state index in [4.69, 9.17) is 5.11 Å². The largest absolute Gasteiger partial charge is 0.478 e. The number of nitrogens with zero attached hydrogens (tertiary/aromatic N) is 1. The van der Waals surface area contributed by atoms with Crippen LogP contribution in [0.2, 0.25) is 0 Å². The van der Waals surface area contributed by atoms with E-state index in [1.165, 1.54) is 19.3 Å². The summed E-state index contributed by atoms with van der Waals surface area (Å²) in [5.41, 5.74) is 1.37. The number of carboxylic acid groups (broad SMARTS) is 1. The van der Waals surface area contributed by atoms with Gasteiger partial charge in [-0.2, -0.15) is 0 Å². The monoisotopic (exact) mass is 389 g/mol. The quantitative estimate of drug-likeness (QED) is 0.592. The van der Waals surface area contributed by atoms with Crippen LogP contribution in [0.1, 0.15) is 80.6 Å². The van der Waals surface area contributed by atoms with Crippen LogP contribution >= 0.6 is 0 Å². The molecule has 0 heterocycles. The van der Waals surface area contributed by atoms with Gasteiger partial charge in [-0.3, -0.25) is 4.79 Å². The van der Waals surface area contributed by atoms with Gasteiger partial charge in [0.05, 0.1) is 11.7 Å². The lowest BCUT2D eigenvalue weighted by molar-refractivity contribution is -0.131. The Morgan fingerprint density at radius 1 is 1.11 bits per heavy atom. The van der Waals surface area contributed by atoms with E-state index in [1.54, 1.807) is 12.1 Å². The van der Waals surface area contributed by atoms with Crippen LogP contribution in [0, 0.1) is 5.92 Å². The highest BCUT2D eigenvalue weighted by molar-refractivity contribution is 5.87. The fourth-order valence-electron chi connectivity index (χ4n) is 4.06. The van der Waals surface area contributed by atoms with Crippen LogP contribution in [0.15, 0.2) is 24.3 Å². The van der Waals surface area contributed by atoms with E-state index < -0.39 is 5.97 Å². The smallest absolute Gasteiger partial charge is 0.335 e. The van der Waals surface area contributed by atoms with Gasteiger partial charge in [-0.25, -0.2) is 4.79 Å². The number of carbonyl (C=O) groups excluding carboxylic acids is 1. The maximum Gasteiger partial charge on any atom is 0.335 e. The molecular formula is C23H35NO4. The average Bonchev–Trinajstić information content (AvgIpc) is 2.71. The summed E-state index contributed by atoms with van der Waals surface area (Å²) < 4.78 is 0. The highest BCUT2D eigenvalue weighted by Crippen LogP contribution is 2.27. The number of rotatable bonds is 11. The van der Waals surface area contributed by atoms with Gasteiger partial charge in [-0.1, -0.05) is 38.3 Å². The zero-order valence-corrected chi connectivity index (χ0v) is 17.1. The number of aromatic carboxylic acids is 1. The third-order valence-corrected chi connectivity index (χ3v) is 5.80. The van der Waals surface area contributed by atoms with Crippen molar-refractivity contribution in [3.63, 3.8) is 0 Å². The molecule has 28 heavy (non-hydrogen) atoms. The number of aryl methyl sites for hydroxylation is 1. The molecule has 0 spiro atoms. The highest BCUT2D eigenvalue weighted by atomic mass is 16.4. The van der Waals surface area contributed by atoms with Gasteiger partial charge in [0.1, 0.15) is 0 Å². The van der Waals surface area contributed by atoms with E-state index in [0.29, 0.717) is 37.4 Å².